The van der Waals surface area contributed by atoms with Crippen molar-refractivity contribution in [2.24, 2.45) is 0 Å². The van der Waals surface area contributed by atoms with E-state index >= 15 is 0 Å². The highest BCUT2D eigenvalue weighted by atomic mass is 32.1. The number of amides is 1. The molecule has 0 spiro atoms. The van der Waals surface area contributed by atoms with Gasteiger partial charge in [0.2, 0.25) is 0 Å². The molecule has 0 aliphatic rings. The third-order valence-corrected chi connectivity index (χ3v) is 4.63. The lowest BCUT2D eigenvalue weighted by molar-refractivity contribution is 0.103. The molecule has 3 aromatic rings. The van der Waals surface area contributed by atoms with Gasteiger partial charge in [0.05, 0.1) is 11.2 Å². The van der Waals surface area contributed by atoms with Gasteiger partial charge in [-0.05, 0) is 12.1 Å². The quantitative estimate of drug-likeness (QED) is 0.760. The summed E-state index contributed by atoms with van der Waals surface area (Å²) in [6, 6.07) is 6.97. The lowest BCUT2D eigenvalue weighted by Crippen LogP contribution is -2.11. The number of aromatic nitrogens is 3. The van der Waals surface area contributed by atoms with Gasteiger partial charge in [0.25, 0.3) is 5.91 Å². The molecule has 3 rings (SSSR count). The third kappa shape index (κ3) is 3.43. The first-order chi connectivity index (χ1) is 11.3. The van der Waals surface area contributed by atoms with Gasteiger partial charge in [0, 0.05) is 16.7 Å². The van der Waals surface area contributed by atoms with E-state index in [1.807, 2.05) is 0 Å². The van der Waals surface area contributed by atoms with E-state index in [1.54, 1.807) is 30.5 Å². The summed E-state index contributed by atoms with van der Waals surface area (Å²) in [7, 11) is 0. The molecule has 1 aromatic carbocycles. The van der Waals surface area contributed by atoms with Gasteiger partial charge in [-0.2, -0.15) is 0 Å². The minimum absolute atomic E-state index is 0.0953. The molecular formula is C16H16N4O3S. The van der Waals surface area contributed by atoms with Crippen LogP contribution in [0.1, 0.15) is 35.5 Å². The van der Waals surface area contributed by atoms with Crippen molar-refractivity contribution in [1.29, 1.82) is 0 Å². The van der Waals surface area contributed by atoms with Crippen LogP contribution in [0.3, 0.4) is 0 Å². The number of carbonyl (C=O) groups is 1. The molecule has 0 aliphatic carbocycles. The lowest BCUT2D eigenvalue weighted by Gasteiger charge is -2.13. The normalized spacial score (nSPS) is 11.5. The highest BCUT2D eigenvalue weighted by Crippen LogP contribution is 2.27. The zero-order valence-corrected chi connectivity index (χ0v) is 14.2. The number of nitrogens with one attached hydrogen (secondary N) is 2. The molecule has 0 radical (unpaired) electrons. The second-order valence-corrected chi connectivity index (χ2v) is 7.29. The van der Waals surface area contributed by atoms with Crippen LogP contribution >= 0.6 is 11.3 Å². The molecule has 24 heavy (non-hydrogen) atoms. The average Bonchev–Trinajstić information content (AvgIpc) is 3.16. The fraction of sp³-hybridized carbons (Fsp3) is 0.250. The van der Waals surface area contributed by atoms with E-state index < -0.39 is 5.76 Å². The van der Waals surface area contributed by atoms with Crippen molar-refractivity contribution in [3.05, 3.63) is 50.9 Å². The predicted octanol–water partition coefficient (Wildman–Crippen LogP) is 3.04. The van der Waals surface area contributed by atoms with Crippen LogP contribution in [0.15, 0.2) is 39.8 Å². The molecule has 0 unspecified atom stereocenters. The fourth-order valence-corrected chi connectivity index (χ4v) is 2.89. The molecule has 7 nitrogen and oxygen atoms in total. The first-order valence-electron chi connectivity index (χ1n) is 7.27. The van der Waals surface area contributed by atoms with E-state index in [-0.39, 0.29) is 11.3 Å². The van der Waals surface area contributed by atoms with Gasteiger partial charge in [0.1, 0.15) is 4.88 Å². The molecule has 2 aromatic heterocycles. The van der Waals surface area contributed by atoms with Crippen LogP contribution in [0.25, 0.3) is 11.4 Å². The molecule has 8 heteroatoms. The summed E-state index contributed by atoms with van der Waals surface area (Å²) in [4.78, 5) is 30.7. The van der Waals surface area contributed by atoms with Gasteiger partial charge >= 0.3 is 5.76 Å². The van der Waals surface area contributed by atoms with Crippen molar-refractivity contribution < 1.29 is 9.32 Å². The van der Waals surface area contributed by atoms with Crippen LogP contribution in [0.4, 0.5) is 5.69 Å². The molecule has 1 amide bonds. The van der Waals surface area contributed by atoms with Crippen molar-refractivity contribution in [2.45, 2.75) is 26.2 Å². The van der Waals surface area contributed by atoms with Crippen LogP contribution in [-0.2, 0) is 5.41 Å². The predicted molar refractivity (Wildman–Crippen MR) is 91.3 cm³/mol. The smallest absolute Gasteiger partial charge is 0.321 e. The van der Waals surface area contributed by atoms with E-state index in [9.17, 15) is 9.59 Å². The molecule has 0 atom stereocenters. The van der Waals surface area contributed by atoms with Crippen molar-refractivity contribution in [3.63, 3.8) is 0 Å². The maximum Gasteiger partial charge on any atom is 0.439 e. The Morgan fingerprint density at radius 3 is 2.75 bits per heavy atom. The number of hydrogen-bond acceptors (Lipinski definition) is 6. The Hall–Kier alpha value is -2.74. The molecular weight excluding hydrogens is 328 g/mol. The lowest BCUT2D eigenvalue weighted by atomic mass is 9.98. The Kier molecular flexibility index (Phi) is 4.06. The number of H-pyrrole nitrogens is 1. The maximum atomic E-state index is 12.4. The van der Waals surface area contributed by atoms with Gasteiger partial charge < -0.3 is 5.32 Å². The number of aromatic amines is 1. The van der Waals surface area contributed by atoms with Crippen molar-refractivity contribution in [1.82, 2.24) is 15.1 Å². The highest BCUT2D eigenvalue weighted by molar-refractivity contribution is 7.13. The summed E-state index contributed by atoms with van der Waals surface area (Å²) < 4.78 is 4.49. The Bertz CT molecular complexity index is 933. The summed E-state index contributed by atoms with van der Waals surface area (Å²) >= 11 is 1.37. The van der Waals surface area contributed by atoms with E-state index in [2.05, 4.69) is 45.7 Å². The highest BCUT2D eigenvalue weighted by Gasteiger charge is 2.20. The monoisotopic (exact) mass is 344 g/mol. The summed E-state index contributed by atoms with van der Waals surface area (Å²) in [6.07, 6.45) is 1.58. The van der Waals surface area contributed by atoms with Crippen LogP contribution in [0.5, 0.6) is 0 Å². The molecule has 0 fully saturated rings. The number of hydrogen-bond donors (Lipinski definition) is 2. The second kappa shape index (κ2) is 6.04. The van der Waals surface area contributed by atoms with E-state index in [4.69, 9.17) is 0 Å². The summed E-state index contributed by atoms with van der Waals surface area (Å²) in [5.41, 5.74) is 1.13. The minimum Gasteiger partial charge on any atom is -0.321 e. The Balaban J connectivity index is 1.80. The Morgan fingerprint density at radius 1 is 1.33 bits per heavy atom. The van der Waals surface area contributed by atoms with Crippen LogP contribution in [0, 0.1) is 0 Å². The Labute approximate surface area is 141 Å². The van der Waals surface area contributed by atoms with Crippen molar-refractivity contribution >= 4 is 22.9 Å². The van der Waals surface area contributed by atoms with Gasteiger partial charge in [0.15, 0.2) is 5.82 Å². The number of benzene rings is 1. The van der Waals surface area contributed by atoms with Gasteiger partial charge in [-0.3, -0.25) is 14.3 Å². The molecule has 0 saturated carbocycles. The number of thiazole rings is 1. The summed E-state index contributed by atoms with van der Waals surface area (Å²) in [6.45, 7) is 6.15. The van der Waals surface area contributed by atoms with E-state index in [1.165, 1.54) is 11.3 Å². The van der Waals surface area contributed by atoms with Gasteiger partial charge in [-0.25, -0.2) is 9.78 Å². The van der Waals surface area contributed by atoms with E-state index in [0.29, 0.717) is 22.0 Å². The van der Waals surface area contributed by atoms with Gasteiger partial charge in [-0.15, -0.1) is 11.3 Å². The van der Waals surface area contributed by atoms with Crippen molar-refractivity contribution in [3.8, 4) is 11.4 Å². The maximum absolute atomic E-state index is 12.4. The number of rotatable bonds is 3. The molecule has 0 saturated heterocycles. The minimum atomic E-state index is -0.626. The van der Waals surface area contributed by atoms with Crippen molar-refractivity contribution in [2.75, 3.05) is 5.32 Å². The number of carbonyl (C=O) groups excluding carboxylic acids is 1. The Morgan fingerprint density at radius 2 is 2.12 bits per heavy atom. The molecule has 2 N–H and O–H groups in total. The SMILES string of the molecule is CC(C)(C)c1ncc(C(=O)Nc2cccc(-c3noc(=O)[nH]3)c2)s1. The van der Waals surface area contributed by atoms with Crippen LogP contribution in [0.2, 0.25) is 0 Å². The fourth-order valence-electron chi connectivity index (χ4n) is 2.02. The first kappa shape index (κ1) is 16.1. The zero-order chi connectivity index (χ0) is 17.3. The third-order valence-electron chi connectivity index (χ3n) is 3.21. The molecule has 0 aliphatic heterocycles. The topological polar surface area (TPSA) is 101 Å². The van der Waals surface area contributed by atoms with Crippen LogP contribution < -0.4 is 11.1 Å². The first-order valence-corrected chi connectivity index (χ1v) is 8.09. The molecule has 0 bridgehead atoms. The zero-order valence-electron chi connectivity index (χ0n) is 13.4. The molecule has 124 valence electrons. The summed E-state index contributed by atoms with van der Waals surface area (Å²) in [5, 5.41) is 7.36. The molecule has 2 heterocycles. The van der Waals surface area contributed by atoms with Gasteiger partial charge in [-0.1, -0.05) is 38.1 Å². The number of nitrogens with zero attached hydrogens (tertiary/aromatic N) is 2. The second-order valence-electron chi connectivity index (χ2n) is 6.26. The van der Waals surface area contributed by atoms with E-state index in [0.717, 1.165) is 5.01 Å². The van der Waals surface area contributed by atoms with Crippen LogP contribution in [-0.4, -0.2) is 21.0 Å². The average molecular weight is 344 g/mol. The largest absolute Gasteiger partial charge is 0.439 e. The standard InChI is InChI=1S/C16H16N4O3S/c1-16(2,3)14-17-8-11(24-14)13(21)18-10-6-4-5-9(7-10)12-19-15(22)23-20-12/h4-8H,1-3H3,(H,18,21)(H,19,20,22). The number of anilines is 1. The summed E-state index contributed by atoms with van der Waals surface area (Å²) in [5.74, 6) is -0.545.